The van der Waals surface area contributed by atoms with Crippen LogP contribution >= 0.6 is 0 Å². The maximum atomic E-state index is 6.20. The lowest BCUT2D eigenvalue weighted by Gasteiger charge is -2.13. The Morgan fingerprint density at radius 2 is 2.05 bits per heavy atom. The topological polar surface area (TPSA) is 74.2 Å². The molecule has 0 amide bonds. The highest BCUT2D eigenvalue weighted by atomic mass is 16.5. The molecule has 0 aliphatic heterocycles. The van der Waals surface area contributed by atoms with Gasteiger partial charge in [0.2, 0.25) is 5.89 Å². The summed E-state index contributed by atoms with van der Waals surface area (Å²) >= 11 is 0. The third-order valence-electron chi connectivity index (χ3n) is 2.78. The van der Waals surface area contributed by atoms with Gasteiger partial charge in [-0.1, -0.05) is 37.2 Å². The minimum atomic E-state index is -0.445. The second-order valence-electron chi connectivity index (χ2n) is 4.59. The number of hydrogen-bond acceptors (Lipinski definition) is 5. The van der Waals surface area contributed by atoms with E-state index >= 15 is 0 Å². The highest BCUT2D eigenvalue weighted by Crippen LogP contribution is 2.27. The molecule has 1 heterocycles. The van der Waals surface area contributed by atoms with Gasteiger partial charge in [0.1, 0.15) is 5.75 Å². The van der Waals surface area contributed by atoms with Crippen molar-refractivity contribution in [1.29, 1.82) is 0 Å². The number of hydrogen-bond donors (Lipinski definition) is 1. The largest absolute Gasteiger partial charge is 0.494 e. The van der Waals surface area contributed by atoms with Crippen molar-refractivity contribution < 1.29 is 9.26 Å². The van der Waals surface area contributed by atoms with Crippen LogP contribution in [0.3, 0.4) is 0 Å². The second kappa shape index (κ2) is 5.84. The Kier molecular flexibility index (Phi) is 4.16. The van der Waals surface area contributed by atoms with E-state index in [0.29, 0.717) is 18.3 Å². The normalized spacial score (nSPS) is 12.7. The van der Waals surface area contributed by atoms with Crippen molar-refractivity contribution in [1.82, 2.24) is 10.1 Å². The summed E-state index contributed by atoms with van der Waals surface area (Å²) in [4.78, 5) is 4.33. The lowest BCUT2D eigenvalue weighted by atomic mass is 10.1. The molecule has 2 aromatic rings. The fourth-order valence-corrected chi connectivity index (χ4v) is 1.77. The van der Waals surface area contributed by atoms with Crippen LogP contribution in [-0.2, 0) is 0 Å². The zero-order valence-electron chi connectivity index (χ0n) is 11.5. The molecule has 1 unspecified atom stereocenters. The summed E-state index contributed by atoms with van der Waals surface area (Å²) in [6.45, 7) is 6.52. The fraction of sp³-hybridized carbons (Fsp3) is 0.429. The Morgan fingerprint density at radius 3 is 2.68 bits per heavy atom. The van der Waals surface area contributed by atoms with Crippen LogP contribution in [0.25, 0.3) is 0 Å². The SMILES string of the molecule is CCOc1ccccc1C(N)c1noc(C(C)C)n1. The van der Waals surface area contributed by atoms with Crippen molar-refractivity contribution >= 4 is 0 Å². The number of ether oxygens (including phenoxy) is 1. The van der Waals surface area contributed by atoms with Gasteiger partial charge in [0.25, 0.3) is 0 Å². The van der Waals surface area contributed by atoms with Gasteiger partial charge in [-0.05, 0) is 13.0 Å². The van der Waals surface area contributed by atoms with Gasteiger partial charge >= 0.3 is 0 Å². The molecule has 5 nitrogen and oxygen atoms in total. The van der Waals surface area contributed by atoms with Gasteiger partial charge in [0.05, 0.1) is 12.6 Å². The average Bonchev–Trinajstić information content (AvgIpc) is 2.89. The van der Waals surface area contributed by atoms with Crippen LogP contribution in [0.1, 0.15) is 50.0 Å². The molecule has 5 heteroatoms. The van der Waals surface area contributed by atoms with E-state index in [1.54, 1.807) is 0 Å². The molecule has 19 heavy (non-hydrogen) atoms. The molecular weight excluding hydrogens is 242 g/mol. The molecule has 0 aliphatic carbocycles. The smallest absolute Gasteiger partial charge is 0.229 e. The Morgan fingerprint density at radius 1 is 1.32 bits per heavy atom. The minimum Gasteiger partial charge on any atom is -0.494 e. The van der Waals surface area contributed by atoms with Crippen LogP contribution in [-0.4, -0.2) is 16.7 Å². The molecule has 0 bridgehead atoms. The first-order chi connectivity index (χ1) is 9.13. The predicted octanol–water partition coefficient (Wildman–Crippen LogP) is 2.64. The lowest BCUT2D eigenvalue weighted by molar-refractivity contribution is 0.334. The molecule has 2 N–H and O–H groups in total. The Hall–Kier alpha value is -1.88. The molecule has 0 radical (unpaired) electrons. The zero-order valence-corrected chi connectivity index (χ0v) is 11.5. The van der Waals surface area contributed by atoms with Gasteiger partial charge in [0.15, 0.2) is 5.82 Å². The number of rotatable bonds is 5. The third-order valence-corrected chi connectivity index (χ3v) is 2.78. The van der Waals surface area contributed by atoms with Crippen LogP contribution < -0.4 is 10.5 Å². The van der Waals surface area contributed by atoms with E-state index in [-0.39, 0.29) is 5.92 Å². The van der Waals surface area contributed by atoms with Crippen molar-refractivity contribution in [3.8, 4) is 5.75 Å². The van der Waals surface area contributed by atoms with Crippen molar-refractivity contribution in [3.05, 3.63) is 41.5 Å². The summed E-state index contributed by atoms with van der Waals surface area (Å²) in [5.74, 6) is 2.03. The monoisotopic (exact) mass is 261 g/mol. The average molecular weight is 261 g/mol. The summed E-state index contributed by atoms with van der Waals surface area (Å²) in [7, 11) is 0. The summed E-state index contributed by atoms with van der Waals surface area (Å²) in [5, 5.41) is 3.95. The predicted molar refractivity (Wildman–Crippen MR) is 72.0 cm³/mol. The summed E-state index contributed by atoms with van der Waals surface area (Å²) in [6.07, 6.45) is 0. The van der Waals surface area contributed by atoms with E-state index in [9.17, 15) is 0 Å². The molecule has 1 aromatic heterocycles. The number of nitrogens with two attached hydrogens (primary N) is 1. The maximum Gasteiger partial charge on any atom is 0.229 e. The second-order valence-corrected chi connectivity index (χ2v) is 4.59. The third kappa shape index (κ3) is 2.93. The van der Waals surface area contributed by atoms with Gasteiger partial charge in [-0.2, -0.15) is 4.98 Å². The quantitative estimate of drug-likeness (QED) is 0.895. The summed E-state index contributed by atoms with van der Waals surface area (Å²) in [5.41, 5.74) is 7.06. The van der Waals surface area contributed by atoms with Gasteiger partial charge < -0.3 is 15.0 Å². The van der Waals surface area contributed by atoms with Gasteiger partial charge in [-0.3, -0.25) is 0 Å². The van der Waals surface area contributed by atoms with Gasteiger partial charge in [-0.15, -0.1) is 0 Å². The Labute approximate surface area is 112 Å². The Balaban J connectivity index is 2.29. The van der Waals surface area contributed by atoms with Crippen LogP contribution in [0.2, 0.25) is 0 Å². The van der Waals surface area contributed by atoms with Crippen LogP contribution in [0.5, 0.6) is 5.75 Å². The fourth-order valence-electron chi connectivity index (χ4n) is 1.77. The van der Waals surface area contributed by atoms with E-state index in [2.05, 4.69) is 10.1 Å². The lowest BCUT2D eigenvalue weighted by Crippen LogP contribution is -2.15. The summed E-state index contributed by atoms with van der Waals surface area (Å²) in [6, 6.07) is 7.19. The molecular formula is C14H19N3O2. The van der Waals surface area contributed by atoms with Gasteiger partial charge in [0, 0.05) is 11.5 Å². The van der Waals surface area contributed by atoms with E-state index in [1.807, 2.05) is 45.0 Å². The standard InChI is InChI=1S/C14H19N3O2/c1-4-18-11-8-6-5-7-10(11)12(15)13-16-14(9(2)3)19-17-13/h5-9,12H,4,15H2,1-3H3. The van der Waals surface area contributed by atoms with Gasteiger partial charge in [-0.25, -0.2) is 0 Å². The molecule has 2 rings (SSSR count). The first-order valence-corrected chi connectivity index (χ1v) is 6.44. The molecule has 0 saturated carbocycles. The number of aromatic nitrogens is 2. The van der Waals surface area contributed by atoms with E-state index in [0.717, 1.165) is 11.3 Å². The van der Waals surface area contributed by atoms with Crippen LogP contribution in [0, 0.1) is 0 Å². The summed E-state index contributed by atoms with van der Waals surface area (Å²) < 4.78 is 10.8. The van der Waals surface area contributed by atoms with E-state index < -0.39 is 6.04 Å². The molecule has 0 fully saturated rings. The molecule has 1 aromatic carbocycles. The molecule has 0 aliphatic rings. The number of benzene rings is 1. The molecule has 102 valence electrons. The Bertz CT molecular complexity index is 537. The number of nitrogens with zero attached hydrogens (tertiary/aromatic N) is 2. The van der Waals surface area contributed by atoms with Crippen molar-refractivity contribution in [2.45, 2.75) is 32.7 Å². The first kappa shape index (κ1) is 13.5. The zero-order chi connectivity index (χ0) is 13.8. The van der Waals surface area contributed by atoms with Crippen molar-refractivity contribution in [2.24, 2.45) is 5.73 Å². The minimum absolute atomic E-state index is 0.190. The first-order valence-electron chi connectivity index (χ1n) is 6.44. The van der Waals surface area contributed by atoms with E-state index in [4.69, 9.17) is 15.0 Å². The molecule has 0 saturated heterocycles. The number of para-hydroxylation sites is 1. The van der Waals surface area contributed by atoms with Crippen LogP contribution in [0.15, 0.2) is 28.8 Å². The van der Waals surface area contributed by atoms with E-state index in [1.165, 1.54) is 0 Å². The molecule has 0 spiro atoms. The highest BCUT2D eigenvalue weighted by molar-refractivity contribution is 5.38. The van der Waals surface area contributed by atoms with Crippen molar-refractivity contribution in [2.75, 3.05) is 6.61 Å². The molecule has 1 atom stereocenters. The van der Waals surface area contributed by atoms with Crippen LogP contribution in [0.4, 0.5) is 0 Å². The highest BCUT2D eigenvalue weighted by Gasteiger charge is 2.20. The maximum absolute atomic E-state index is 6.20. The van der Waals surface area contributed by atoms with Crippen molar-refractivity contribution in [3.63, 3.8) is 0 Å².